The van der Waals surface area contributed by atoms with Crippen LogP contribution in [0.2, 0.25) is 0 Å². The van der Waals surface area contributed by atoms with Crippen molar-refractivity contribution in [1.29, 1.82) is 0 Å². The Kier molecular flexibility index (Phi) is 5.55. The Morgan fingerprint density at radius 1 is 1.38 bits per heavy atom. The number of carbonyl (C=O) groups excluding carboxylic acids is 1. The highest BCUT2D eigenvalue weighted by atomic mass is 19.3. The summed E-state index contributed by atoms with van der Waals surface area (Å²) in [4.78, 5) is 17.4. The monoisotopic (exact) mass is 368 g/mol. The van der Waals surface area contributed by atoms with E-state index < -0.39 is 25.0 Å². The van der Waals surface area contributed by atoms with E-state index in [0.717, 1.165) is 10.5 Å². The van der Waals surface area contributed by atoms with Crippen LogP contribution in [0.5, 0.6) is 0 Å². The first-order valence-electron chi connectivity index (χ1n) is 8.23. The van der Waals surface area contributed by atoms with Gasteiger partial charge in [-0.25, -0.2) is 22.8 Å². The minimum atomic E-state index is -2.70. The van der Waals surface area contributed by atoms with Gasteiger partial charge in [0.15, 0.2) is 12.0 Å². The summed E-state index contributed by atoms with van der Waals surface area (Å²) in [6.45, 7) is -0.678. The molecule has 0 radical (unpaired) electrons. The van der Waals surface area contributed by atoms with Crippen LogP contribution in [0, 0.1) is 0 Å². The second-order valence-corrected chi connectivity index (χ2v) is 6.00. The van der Waals surface area contributed by atoms with E-state index in [1.165, 1.54) is 11.8 Å². The van der Waals surface area contributed by atoms with E-state index in [-0.39, 0.29) is 37.3 Å². The molecule has 1 aromatic heterocycles. The molecule has 2 heterocycles. The summed E-state index contributed by atoms with van der Waals surface area (Å²) < 4.78 is 46.1. The molecule has 0 saturated heterocycles. The fourth-order valence-electron chi connectivity index (χ4n) is 3.01. The summed E-state index contributed by atoms with van der Waals surface area (Å²) in [5.74, 6) is -0.991. The molecule has 0 aliphatic carbocycles. The van der Waals surface area contributed by atoms with Crippen molar-refractivity contribution in [2.75, 3.05) is 26.8 Å². The van der Waals surface area contributed by atoms with Crippen molar-refractivity contribution < 1.29 is 22.7 Å². The standard InChI is InChI=1S/C17H19F3N4O2/c1-26-8-7-23(10-14(19)20)17(25)15-21-16-12(18)9-13(24(16)22-15)11-5-3-2-4-6-11/h2-6,12-14H,7-10H2,1H3/t12-,13-/m1/s1. The number of fused-ring (bicyclic) bond motifs is 1. The first kappa shape index (κ1) is 18.4. The zero-order chi connectivity index (χ0) is 18.7. The number of ether oxygens (including phenoxy) is 1. The van der Waals surface area contributed by atoms with Crippen molar-refractivity contribution in [2.24, 2.45) is 0 Å². The molecule has 1 aromatic carbocycles. The van der Waals surface area contributed by atoms with E-state index >= 15 is 0 Å². The first-order valence-corrected chi connectivity index (χ1v) is 8.23. The molecular weight excluding hydrogens is 349 g/mol. The van der Waals surface area contributed by atoms with Gasteiger partial charge < -0.3 is 9.64 Å². The maximum absolute atomic E-state index is 14.4. The van der Waals surface area contributed by atoms with Gasteiger partial charge >= 0.3 is 0 Å². The van der Waals surface area contributed by atoms with E-state index in [9.17, 15) is 18.0 Å². The maximum atomic E-state index is 14.4. The molecule has 2 aromatic rings. The molecule has 6 nitrogen and oxygen atoms in total. The lowest BCUT2D eigenvalue weighted by atomic mass is 10.0. The van der Waals surface area contributed by atoms with Gasteiger partial charge in [-0.15, -0.1) is 5.10 Å². The van der Waals surface area contributed by atoms with Crippen LogP contribution in [0.25, 0.3) is 0 Å². The molecule has 1 aliphatic rings. The highest BCUT2D eigenvalue weighted by Gasteiger charge is 2.37. The smallest absolute Gasteiger partial charge is 0.293 e. The minimum Gasteiger partial charge on any atom is -0.383 e. The average molecular weight is 368 g/mol. The summed E-state index contributed by atoms with van der Waals surface area (Å²) in [5, 5.41) is 4.12. The number of alkyl halides is 3. The van der Waals surface area contributed by atoms with E-state index in [2.05, 4.69) is 10.1 Å². The Morgan fingerprint density at radius 3 is 2.77 bits per heavy atom. The van der Waals surface area contributed by atoms with E-state index in [0.29, 0.717) is 0 Å². The van der Waals surface area contributed by atoms with Crippen molar-refractivity contribution in [2.45, 2.75) is 25.1 Å². The zero-order valence-corrected chi connectivity index (χ0v) is 14.2. The number of halogens is 3. The molecule has 0 saturated carbocycles. The van der Waals surface area contributed by atoms with Gasteiger partial charge in [0.2, 0.25) is 5.82 Å². The van der Waals surface area contributed by atoms with Gasteiger partial charge in [-0.3, -0.25) is 4.79 Å². The van der Waals surface area contributed by atoms with Gasteiger partial charge in [0.1, 0.15) is 0 Å². The van der Waals surface area contributed by atoms with Gasteiger partial charge in [-0.1, -0.05) is 30.3 Å². The van der Waals surface area contributed by atoms with E-state index in [1.54, 1.807) is 0 Å². The van der Waals surface area contributed by atoms with Crippen LogP contribution >= 0.6 is 0 Å². The summed E-state index contributed by atoms with van der Waals surface area (Å²) in [7, 11) is 1.41. The third-order valence-corrected chi connectivity index (χ3v) is 4.25. The number of rotatable bonds is 7. The van der Waals surface area contributed by atoms with Crippen LogP contribution in [0.1, 0.15) is 40.6 Å². The van der Waals surface area contributed by atoms with Crippen LogP contribution in [0.3, 0.4) is 0 Å². The van der Waals surface area contributed by atoms with Crippen molar-refractivity contribution in [3.05, 3.63) is 47.5 Å². The summed E-state index contributed by atoms with van der Waals surface area (Å²) in [6, 6.07) is 8.82. The second kappa shape index (κ2) is 7.86. The van der Waals surface area contributed by atoms with Gasteiger partial charge in [0.05, 0.1) is 19.2 Å². The topological polar surface area (TPSA) is 60.2 Å². The molecule has 1 aliphatic heterocycles. The molecule has 26 heavy (non-hydrogen) atoms. The van der Waals surface area contributed by atoms with Crippen LogP contribution in [0.15, 0.2) is 30.3 Å². The Balaban J connectivity index is 1.86. The SMILES string of the molecule is COCCN(CC(F)F)C(=O)c1nc2n(n1)[C@@H](c1ccccc1)C[C@H]2F. The quantitative estimate of drug-likeness (QED) is 0.754. The normalized spacial score (nSPS) is 19.0. The van der Waals surface area contributed by atoms with Crippen molar-refractivity contribution in [3.8, 4) is 0 Å². The molecule has 0 fully saturated rings. The molecule has 1 amide bonds. The van der Waals surface area contributed by atoms with Gasteiger partial charge in [-0.05, 0) is 5.56 Å². The minimum absolute atomic E-state index is 0.0231. The van der Waals surface area contributed by atoms with Gasteiger partial charge in [-0.2, -0.15) is 0 Å². The fourth-order valence-corrected chi connectivity index (χ4v) is 3.01. The summed E-state index contributed by atoms with van der Waals surface area (Å²) in [5.41, 5.74) is 0.849. The number of carbonyl (C=O) groups is 1. The lowest BCUT2D eigenvalue weighted by molar-refractivity contribution is 0.0467. The predicted octanol–water partition coefficient (Wildman–Crippen LogP) is 2.64. The first-order chi connectivity index (χ1) is 12.5. The number of benzene rings is 1. The molecule has 0 N–H and O–H groups in total. The summed E-state index contributed by atoms with van der Waals surface area (Å²) in [6.07, 6.45) is -3.88. The molecule has 0 bridgehead atoms. The Hall–Kier alpha value is -2.42. The maximum Gasteiger partial charge on any atom is 0.293 e. The average Bonchev–Trinajstić information content (AvgIpc) is 3.19. The molecule has 3 rings (SSSR count). The number of hydrogen-bond acceptors (Lipinski definition) is 4. The Labute approximate surface area is 148 Å². The van der Waals surface area contributed by atoms with Crippen LogP contribution in [0.4, 0.5) is 13.2 Å². The number of aromatic nitrogens is 3. The Morgan fingerprint density at radius 2 is 2.12 bits per heavy atom. The van der Waals surface area contributed by atoms with Gasteiger partial charge in [0.25, 0.3) is 12.3 Å². The molecule has 140 valence electrons. The van der Waals surface area contributed by atoms with Crippen LogP contribution in [-0.2, 0) is 4.74 Å². The number of nitrogens with zero attached hydrogens (tertiary/aromatic N) is 4. The van der Waals surface area contributed by atoms with Crippen LogP contribution in [-0.4, -0.2) is 58.8 Å². The number of methoxy groups -OCH3 is 1. The molecule has 2 atom stereocenters. The van der Waals surface area contributed by atoms with Crippen molar-refractivity contribution >= 4 is 5.91 Å². The second-order valence-electron chi connectivity index (χ2n) is 6.00. The molecule has 0 spiro atoms. The highest BCUT2D eigenvalue weighted by Crippen LogP contribution is 2.39. The molecule has 9 heteroatoms. The third kappa shape index (κ3) is 3.72. The van der Waals surface area contributed by atoms with Crippen molar-refractivity contribution in [3.63, 3.8) is 0 Å². The molecule has 0 unspecified atom stereocenters. The summed E-state index contributed by atoms with van der Waals surface area (Å²) >= 11 is 0. The largest absolute Gasteiger partial charge is 0.383 e. The lowest BCUT2D eigenvalue weighted by Gasteiger charge is -2.20. The number of amides is 1. The van der Waals surface area contributed by atoms with E-state index in [1.807, 2.05) is 30.3 Å². The lowest BCUT2D eigenvalue weighted by Crippen LogP contribution is -2.38. The Bertz CT molecular complexity index is 754. The van der Waals surface area contributed by atoms with E-state index in [4.69, 9.17) is 4.74 Å². The molecular formula is C17H19F3N4O2. The predicted molar refractivity (Wildman–Crippen MR) is 86.9 cm³/mol. The number of hydrogen-bond donors (Lipinski definition) is 0. The highest BCUT2D eigenvalue weighted by molar-refractivity contribution is 5.90. The van der Waals surface area contributed by atoms with Crippen LogP contribution < -0.4 is 0 Å². The zero-order valence-electron chi connectivity index (χ0n) is 14.2. The van der Waals surface area contributed by atoms with Gasteiger partial charge in [0, 0.05) is 20.1 Å². The van der Waals surface area contributed by atoms with Crippen molar-refractivity contribution in [1.82, 2.24) is 19.7 Å². The fraction of sp³-hybridized carbons (Fsp3) is 0.471. The third-order valence-electron chi connectivity index (χ3n) is 4.25.